The third kappa shape index (κ3) is 2.13. The van der Waals surface area contributed by atoms with E-state index >= 15 is 0 Å². The summed E-state index contributed by atoms with van der Waals surface area (Å²) in [6, 6.07) is 6.55. The molecule has 5 nitrogen and oxygen atoms in total. The second kappa shape index (κ2) is 5.09. The standard InChI is InChI=1S/C17H19N5/c1-18-16-21-10-17(22-16)6-5-15-12(7-17)3-2-4-14(15)13-8-19-11-20-9-13/h2-4,8-9,11H,5-7,10H2,1H3,(H2,18,21,22)/t17-/m0/s1. The Labute approximate surface area is 129 Å². The van der Waals surface area contributed by atoms with Gasteiger partial charge in [0.15, 0.2) is 5.96 Å². The first-order valence-electron chi connectivity index (χ1n) is 7.65. The Morgan fingerprint density at radius 3 is 2.86 bits per heavy atom. The van der Waals surface area contributed by atoms with E-state index in [1.807, 2.05) is 19.4 Å². The molecule has 1 fully saturated rings. The number of aliphatic imine (C=N–C) groups is 1. The Kier molecular flexibility index (Phi) is 3.06. The van der Waals surface area contributed by atoms with Gasteiger partial charge in [0.2, 0.25) is 0 Å². The minimum atomic E-state index is 0.105. The van der Waals surface area contributed by atoms with Crippen molar-refractivity contribution in [2.75, 3.05) is 13.6 Å². The van der Waals surface area contributed by atoms with E-state index in [0.717, 1.165) is 37.3 Å². The molecular weight excluding hydrogens is 274 g/mol. The third-order valence-electron chi connectivity index (χ3n) is 4.73. The monoisotopic (exact) mass is 293 g/mol. The molecule has 0 unspecified atom stereocenters. The highest BCUT2D eigenvalue weighted by Gasteiger charge is 2.39. The molecule has 112 valence electrons. The minimum absolute atomic E-state index is 0.105. The summed E-state index contributed by atoms with van der Waals surface area (Å²) in [5.74, 6) is 0.913. The summed E-state index contributed by atoms with van der Waals surface area (Å²) >= 11 is 0. The van der Waals surface area contributed by atoms with Crippen molar-refractivity contribution in [1.29, 1.82) is 0 Å². The normalized spacial score (nSPS) is 24.9. The highest BCUT2D eigenvalue weighted by atomic mass is 15.3. The van der Waals surface area contributed by atoms with Gasteiger partial charge in [-0.2, -0.15) is 0 Å². The smallest absolute Gasteiger partial charge is 0.191 e. The maximum atomic E-state index is 4.24. The maximum absolute atomic E-state index is 4.24. The molecule has 1 spiro atoms. The molecule has 0 bridgehead atoms. The minimum Gasteiger partial charge on any atom is -0.354 e. The van der Waals surface area contributed by atoms with E-state index in [1.165, 1.54) is 16.7 Å². The molecule has 1 atom stereocenters. The van der Waals surface area contributed by atoms with Crippen LogP contribution in [-0.4, -0.2) is 35.1 Å². The Balaban J connectivity index is 1.70. The summed E-state index contributed by atoms with van der Waals surface area (Å²) in [7, 11) is 1.82. The molecule has 1 saturated heterocycles. The zero-order chi connectivity index (χ0) is 15.0. The highest BCUT2D eigenvalue weighted by molar-refractivity contribution is 5.83. The zero-order valence-corrected chi connectivity index (χ0v) is 12.6. The number of hydrogen-bond donors (Lipinski definition) is 2. The molecule has 0 saturated carbocycles. The number of aromatic nitrogens is 2. The largest absolute Gasteiger partial charge is 0.354 e. The Hall–Kier alpha value is -2.43. The van der Waals surface area contributed by atoms with Gasteiger partial charge >= 0.3 is 0 Å². The fourth-order valence-corrected chi connectivity index (χ4v) is 3.61. The van der Waals surface area contributed by atoms with Gasteiger partial charge in [-0.15, -0.1) is 0 Å². The summed E-state index contributed by atoms with van der Waals surface area (Å²) in [6.45, 7) is 0.942. The first-order valence-corrected chi connectivity index (χ1v) is 7.65. The summed E-state index contributed by atoms with van der Waals surface area (Å²) in [6.07, 6.45) is 8.56. The Bertz CT molecular complexity index is 725. The topological polar surface area (TPSA) is 62.2 Å². The Morgan fingerprint density at radius 2 is 2.09 bits per heavy atom. The summed E-state index contributed by atoms with van der Waals surface area (Å²) in [5, 5.41) is 6.93. The molecule has 1 aliphatic heterocycles. The number of hydrogen-bond acceptors (Lipinski definition) is 3. The third-order valence-corrected chi connectivity index (χ3v) is 4.73. The molecule has 5 heteroatoms. The van der Waals surface area contributed by atoms with Gasteiger partial charge in [-0.1, -0.05) is 18.2 Å². The lowest BCUT2D eigenvalue weighted by Gasteiger charge is -2.35. The SMILES string of the molecule is CN=C1NC[C@@]2(CCc3c(cccc3-c3cncnc3)C2)N1. The maximum Gasteiger partial charge on any atom is 0.191 e. The summed E-state index contributed by atoms with van der Waals surface area (Å²) < 4.78 is 0. The van der Waals surface area contributed by atoms with Crippen LogP contribution < -0.4 is 10.6 Å². The van der Waals surface area contributed by atoms with Gasteiger partial charge in [-0.25, -0.2) is 9.97 Å². The van der Waals surface area contributed by atoms with E-state index in [0.29, 0.717) is 0 Å². The molecule has 2 aromatic rings. The van der Waals surface area contributed by atoms with Gasteiger partial charge in [0.1, 0.15) is 6.33 Å². The van der Waals surface area contributed by atoms with Crippen molar-refractivity contribution in [1.82, 2.24) is 20.6 Å². The van der Waals surface area contributed by atoms with Crippen LogP contribution in [0.15, 0.2) is 41.9 Å². The number of benzene rings is 1. The zero-order valence-electron chi connectivity index (χ0n) is 12.6. The predicted octanol–water partition coefficient (Wildman–Crippen LogP) is 1.55. The molecule has 2 aliphatic rings. The average molecular weight is 293 g/mol. The van der Waals surface area contributed by atoms with Crippen molar-refractivity contribution >= 4 is 5.96 Å². The highest BCUT2D eigenvalue weighted by Crippen LogP contribution is 2.35. The number of nitrogens with one attached hydrogen (secondary N) is 2. The molecule has 1 aromatic carbocycles. The average Bonchev–Trinajstić information content (AvgIpc) is 2.97. The van der Waals surface area contributed by atoms with Crippen molar-refractivity contribution in [2.45, 2.75) is 24.8 Å². The van der Waals surface area contributed by atoms with Gasteiger partial charge < -0.3 is 10.6 Å². The molecule has 4 rings (SSSR count). The molecule has 0 radical (unpaired) electrons. The second-order valence-corrected chi connectivity index (χ2v) is 6.08. The van der Waals surface area contributed by atoms with Crippen LogP contribution in [0, 0.1) is 0 Å². The Morgan fingerprint density at radius 1 is 1.23 bits per heavy atom. The van der Waals surface area contributed by atoms with E-state index < -0.39 is 0 Å². The number of nitrogens with zero attached hydrogens (tertiary/aromatic N) is 3. The number of rotatable bonds is 1. The first kappa shape index (κ1) is 13.2. The molecule has 2 N–H and O–H groups in total. The second-order valence-electron chi connectivity index (χ2n) is 6.08. The fraction of sp³-hybridized carbons (Fsp3) is 0.353. The van der Waals surface area contributed by atoms with Crippen molar-refractivity contribution in [3.63, 3.8) is 0 Å². The lowest BCUT2D eigenvalue weighted by Crippen LogP contribution is -2.48. The van der Waals surface area contributed by atoms with Gasteiger partial charge in [-0.05, 0) is 36.0 Å². The summed E-state index contributed by atoms with van der Waals surface area (Å²) in [5.41, 5.74) is 5.32. The van der Waals surface area contributed by atoms with Crippen LogP contribution in [-0.2, 0) is 12.8 Å². The van der Waals surface area contributed by atoms with E-state index in [1.54, 1.807) is 6.33 Å². The number of fused-ring (bicyclic) bond motifs is 1. The lowest BCUT2D eigenvalue weighted by atomic mass is 9.76. The van der Waals surface area contributed by atoms with Gasteiger partial charge in [0.25, 0.3) is 0 Å². The molecule has 22 heavy (non-hydrogen) atoms. The van der Waals surface area contributed by atoms with E-state index in [9.17, 15) is 0 Å². The molecule has 2 heterocycles. The van der Waals surface area contributed by atoms with E-state index in [2.05, 4.69) is 43.8 Å². The van der Waals surface area contributed by atoms with Crippen LogP contribution in [0.5, 0.6) is 0 Å². The van der Waals surface area contributed by atoms with E-state index in [-0.39, 0.29) is 5.54 Å². The molecule has 1 aromatic heterocycles. The summed E-state index contributed by atoms with van der Waals surface area (Å²) in [4.78, 5) is 12.5. The van der Waals surface area contributed by atoms with E-state index in [4.69, 9.17) is 0 Å². The molecule has 0 amide bonds. The number of guanidine groups is 1. The van der Waals surface area contributed by atoms with Crippen molar-refractivity contribution in [2.24, 2.45) is 4.99 Å². The lowest BCUT2D eigenvalue weighted by molar-refractivity contribution is 0.363. The van der Waals surface area contributed by atoms with Crippen molar-refractivity contribution in [3.05, 3.63) is 48.0 Å². The van der Waals surface area contributed by atoms with Crippen LogP contribution in [0.4, 0.5) is 0 Å². The van der Waals surface area contributed by atoms with Gasteiger partial charge in [0, 0.05) is 31.5 Å². The first-order chi connectivity index (χ1) is 10.8. The fourth-order valence-electron chi connectivity index (χ4n) is 3.61. The van der Waals surface area contributed by atoms with Gasteiger partial charge in [-0.3, -0.25) is 4.99 Å². The predicted molar refractivity (Wildman–Crippen MR) is 86.7 cm³/mol. The van der Waals surface area contributed by atoms with Crippen molar-refractivity contribution in [3.8, 4) is 11.1 Å². The van der Waals surface area contributed by atoms with Crippen LogP contribution in [0.3, 0.4) is 0 Å². The van der Waals surface area contributed by atoms with Crippen LogP contribution >= 0.6 is 0 Å². The van der Waals surface area contributed by atoms with Crippen LogP contribution in [0.1, 0.15) is 17.5 Å². The van der Waals surface area contributed by atoms with Crippen LogP contribution in [0.25, 0.3) is 11.1 Å². The quantitative estimate of drug-likeness (QED) is 0.837. The molecule has 1 aliphatic carbocycles. The van der Waals surface area contributed by atoms with Gasteiger partial charge in [0.05, 0.1) is 5.54 Å². The molecular formula is C17H19N5. The van der Waals surface area contributed by atoms with Crippen molar-refractivity contribution < 1.29 is 0 Å². The van der Waals surface area contributed by atoms with Crippen LogP contribution in [0.2, 0.25) is 0 Å².